The Kier molecular flexibility index (Phi) is 5.38. The number of amides is 1. The number of carbonyl (C=O) groups is 1. The molecule has 0 radical (unpaired) electrons. The lowest BCUT2D eigenvalue weighted by atomic mass is 10.1. The van der Waals surface area contributed by atoms with Gasteiger partial charge in [-0.3, -0.25) is 9.69 Å². The number of nitrogens with zero attached hydrogens (tertiary/aromatic N) is 1. The van der Waals surface area contributed by atoms with Crippen molar-refractivity contribution >= 4 is 17.5 Å². The van der Waals surface area contributed by atoms with Crippen LogP contribution in [0, 0.1) is 5.82 Å². The van der Waals surface area contributed by atoms with Crippen LogP contribution in [0.15, 0.2) is 18.2 Å². The molecule has 0 aliphatic carbocycles. The summed E-state index contributed by atoms with van der Waals surface area (Å²) in [4.78, 5) is 14.3. The predicted molar refractivity (Wildman–Crippen MR) is 78.1 cm³/mol. The molecule has 110 valence electrons. The first-order chi connectivity index (χ1) is 9.59. The van der Waals surface area contributed by atoms with Crippen LogP contribution >= 0.6 is 11.6 Å². The van der Waals surface area contributed by atoms with E-state index in [4.69, 9.17) is 11.6 Å². The van der Waals surface area contributed by atoms with Gasteiger partial charge in [-0.15, -0.1) is 0 Å². The van der Waals surface area contributed by atoms with Crippen LogP contribution in [-0.2, 0) is 11.3 Å². The molecular weight excluding hydrogens is 279 g/mol. The summed E-state index contributed by atoms with van der Waals surface area (Å²) < 4.78 is 13.6. The molecule has 1 aromatic carbocycles. The zero-order valence-corrected chi connectivity index (χ0v) is 12.4. The fourth-order valence-corrected chi connectivity index (χ4v) is 2.81. The van der Waals surface area contributed by atoms with Crippen molar-refractivity contribution in [2.24, 2.45) is 0 Å². The highest BCUT2D eigenvalue weighted by Crippen LogP contribution is 2.19. The maximum atomic E-state index is 13.6. The number of hydrogen-bond donors (Lipinski definition) is 1. The largest absolute Gasteiger partial charge is 0.350 e. The van der Waals surface area contributed by atoms with Gasteiger partial charge in [0.05, 0.1) is 6.04 Å². The molecule has 1 unspecified atom stereocenters. The number of hydrogen-bond acceptors (Lipinski definition) is 2. The number of likely N-dealkylation sites (N-methyl/N-ethyl adjacent to an activating group) is 1. The third-order valence-corrected chi connectivity index (χ3v) is 4.18. The summed E-state index contributed by atoms with van der Waals surface area (Å²) in [6.45, 7) is 1.06. The predicted octanol–water partition coefficient (Wildman–Crippen LogP) is 2.97. The monoisotopic (exact) mass is 298 g/mol. The van der Waals surface area contributed by atoms with Gasteiger partial charge in [0.15, 0.2) is 0 Å². The third kappa shape index (κ3) is 3.70. The maximum Gasteiger partial charge on any atom is 0.237 e. The Hall–Kier alpha value is -1.13. The Labute approximate surface area is 124 Å². The van der Waals surface area contributed by atoms with Crippen molar-refractivity contribution in [1.29, 1.82) is 0 Å². The van der Waals surface area contributed by atoms with Crippen LogP contribution < -0.4 is 5.32 Å². The van der Waals surface area contributed by atoms with E-state index < -0.39 is 0 Å². The molecule has 1 fully saturated rings. The first kappa shape index (κ1) is 15.3. The zero-order chi connectivity index (χ0) is 14.5. The second kappa shape index (κ2) is 7.04. The first-order valence-electron chi connectivity index (χ1n) is 7.00. The molecule has 1 atom stereocenters. The van der Waals surface area contributed by atoms with Gasteiger partial charge in [-0.25, -0.2) is 4.39 Å². The topological polar surface area (TPSA) is 32.3 Å². The Balaban J connectivity index is 1.97. The lowest BCUT2D eigenvalue weighted by molar-refractivity contribution is -0.126. The minimum atomic E-state index is -0.382. The number of likely N-dealkylation sites (tertiary alicyclic amines) is 1. The van der Waals surface area contributed by atoms with Crippen molar-refractivity contribution < 1.29 is 9.18 Å². The Morgan fingerprint density at radius 3 is 3.00 bits per heavy atom. The molecule has 1 heterocycles. The van der Waals surface area contributed by atoms with E-state index in [0.717, 1.165) is 32.2 Å². The second-order valence-corrected chi connectivity index (χ2v) is 5.67. The first-order valence-corrected chi connectivity index (χ1v) is 7.38. The molecule has 1 N–H and O–H groups in total. The highest BCUT2D eigenvalue weighted by atomic mass is 35.5. The molecule has 2 rings (SSSR count). The molecule has 0 spiro atoms. The number of benzene rings is 1. The Morgan fingerprint density at radius 2 is 2.25 bits per heavy atom. The minimum Gasteiger partial charge on any atom is -0.350 e. The van der Waals surface area contributed by atoms with Gasteiger partial charge >= 0.3 is 0 Å². The number of halogens is 2. The average Bonchev–Trinajstić information content (AvgIpc) is 2.62. The normalized spacial score (nSPS) is 20.4. The van der Waals surface area contributed by atoms with Crippen LogP contribution in [0.4, 0.5) is 4.39 Å². The Bertz CT molecular complexity index is 461. The maximum absolute atomic E-state index is 13.6. The van der Waals surface area contributed by atoms with Crippen molar-refractivity contribution in [1.82, 2.24) is 10.2 Å². The molecule has 20 heavy (non-hydrogen) atoms. The van der Waals surface area contributed by atoms with Crippen LogP contribution in [0.1, 0.15) is 31.2 Å². The third-order valence-electron chi connectivity index (χ3n) is 3.82. The van der Waals surface area contributed by atoms with E-state index in [-0.39, 0.29) is 24.3 Å². The van der Waals surface area contributed by atoms with Crippen molar-refractivity contribution in [3.05, 3.63) is 34.6 Å². The van der Waals surface area contributed by atoms with Gasteiger partial charge in [0.1, 0.15) is 5.82 Å². The fourth-order valence-electron chi connectivity index (χ4n) is 2.58. The van der Waals surface area contributed by atoms with Crippen LogP contribution in [0.5, 0.6) is 0 Å². The zero-order valence-electron chi connectivity index (χ0n) is 11.7. The van der Waals surface area contributed by atoms with Gasteiger partial charge in [-0.1, -0.05) is 30.5 Å². The SMILES string of the molecule is CN1CCCCCC1C(=O)NCc1c(F)cccc1Cl. The van der Waals surface area contributed by atoms with Gasteiger partial charge in [0.2, 0.25) is 5.91 Å². The second-order valence-electron chi connectivity index (χ2n) is 5.26. The molecule has 1 aliphatic rings. The van der Waals surface area contributed by atoms with Gasteiger partial charge in [-0.05, 0) is 38.6 Å². The molecule has 3 nitrogen and oxygen atoms in total. The lowest BCUT2D eigenvalue weighted by Crippen LogP contribution is -2.44. The number of rotatable bonds is 3. The highest BCUT2D eigenvalue weighted by molar-refractivity contribution is 6.31. The van der Waals surface area contributed by atoms with Gasteiger partial charge in [-0.2, -0.15) is 0 Å². The van der Waals surface area contributed by atoms with E-state index in [1.165, 1.54) is 6.07 Å². The summed E-state index contributed by atoms with van der Waals surface area (Å²) in [6, 6.07) is 4.42. The van der Waals surface area contributed by atoms with Crippen LogP contribution in [0.25, 0.3) is 0 Å². The standard InChI is InChI=1S/C15H20ClFN2O/c1-19-9-4-2-3-8-14(19)15(20)18-10-11-12(16)6-5-7-13(11)17/h5-7,14H,2-4,8-10H2,1H3,(H,18,20). The molecule has 1 aromatic rings. The van der Waals surface area contributed by atoms with Gasteiger partial charge in [0, 0.05) is 17.1 Å². The number of carbonyl (C=O) groups excluding carboxylic acids is 1. The van der Waals surface area contributed by atoms with Gasteiger partial charge in [0.25, 0.3) is 0 Å². The van der Waals surface area contributed by atoms with E-state index in [1.54, 1.807) is 12.1 Å². The molecule has 1 amide bonds. The van der Waals surface area contributed by atoms with Crippen LogP contribution in [0.3, 0.4) is 0 Å². The molecule has 5 heteroatoms. The lowest BCUT2D eigenvalue weighted by Gasteiger charge is -2.24. The van der Waals surface area contributed by atoms with Crippen molar-refractivity contribution in [2.45, 2.75) is 38.3 Å². The Morgan fingerprint density at radius 1 is 1.45 bits per heavy atom. The summed E-state index contributed by atoms with van der Waals surface area (Å²) in [7, 11) is 1.96. The summed E-state index contributed by atoms with van der Waals surface area (Å²) in [5.74, 6) is -0.430. The van der Waals surface area contributed by atoms with E-state index >= 15 is 0 Å². The quantitative estimate of drug-likeness (QED) is 0.930. The van der Waals surface area contributed by atoms with Crippen molar-refractivity contribution in [3.63, 3.8) is 0 Å². The van der Waals surface area contributed by atoms with Gasteiger partial charge < -0.3 is 5.32 Å². The summed E-state index contributed by atoms with van der Waals surface area (Å²) in [5, 5.41) is 3.15. The van der Waals surface area contributed by atoms with Crippen molar-refractivity contribution in [2.75, 3.05) is 13.6 Å². The highest BCUT2D eigenvalue weighted by Gasteiger charge is 2.24. The summed E-state index contributed by atoms with van der Waals surface area (Å²) in [5.41, 5.74) is 0.346. The smallest absolute Gasteiger partial charge is 0.237 e. The van der Waals surface area contributed by atoms with Crippen LogP contribution in [-0.4, -0.2) is 30.4 Å². The van der Waals surface area contributed by atoms with Crippen LogP contribution in [0.2, 0.25) is 5.02 Å². The number of nitrogens with one attached hydrogen (secondary N) is 1. The summed E-state index contributed by atoms with van der Waals surface area (Å²) >= 11 is 5.95. The molecule has 0 bridgehead atoms. The molecule has 0 aromatic heterocycles. The van der Waals surface area contributed by atoms with Crippen molar-refractivity contribution in [3.8, 4) is 0 Å². The van der Waals surface area contributed by atoms with E-state index in [0.29, 0.717) is 10.6 Å². The average molecular weight is 299 g/mol. The van der Waals surface area contributed by atoms with E-state index in [1.807, 2.05) is 7.05 Å². The molecular formula is C15H20ClFN2O. The summed E-state index contributed by atoms with van der Waals surface area (Å²) in [6.07, 6.45) is 4.20. The molecule has 1 aliphatic heterocycles. The van der Waals surface area contributed by atoms with E-state index in [9.17, 15) is 9.18 Å². The fraction of sp³-hybridized carbons (Fsp3) is 0.533. The molecule has 1 saturated heterocycles. The van der Waals surface area contributed by atoms with E-state index in [2.05, 4.69) is 10.2 Å². The minimum absolute atomic E-state index is 0.0475. The molecule has 0 saturated carbocycles.